The van der Waals surface area contributed by atoms with Crippen LogP contribution >= 0.6 is 0 Å². The zero-order chi connectivity index (χ0) is 38.7. The van der Waals surface area contributed by atoms with E-state index in [-0.39, 0.29) is 63.8 Å². The van der Waals surface area contributed by atoms with Gasteiger partial charge in [-0.1, -0.05) is 25.7 Å². The Morgan fingerprint density at radius 2 is 0.857 bits per heavy atom. The van der Waals surface area contributed by atoms with E-state index in [4.69, 9.17) is 18.9 Å². The van der Waals surface area contributed by atoms with Crippen molar-refractivity contribution in [1.29, 1.82) is 0 Å². The van der Waals surface area contributed by atoms with E-state index in [1.54, 1.807) is 0 Å². The smallest absolute Gasteiger partial charge is 0.249 e. The first-order valence-electron chi connectivity index (χ1n) is 23.1. The van der Waals surface area contributed by atoms with Crippen LogP contribution in [-0.4, -0.2) is 159 Å². The van der Waals surface area contributed by atoms with Gasteiger partial charge in [0.1, 0.15) is 26.6 Å². The molecule has 12 heteroatoms. The van der Waals surface area contributed by atoms with Crippen molar-refractivity contribution in [3.8, 4) is 0 Å². The van der Waals surface area contributed by atoms with E-state index in [1.807, 2.05) is 0 Å². The number of alkyl halides is 2. The molecule has 320 valence electrons. The van der Waals surface area contributed by atoms with E-state index < -0.39 is 0 Å². The Hall–Kier alpha value is -1.44. The molecule has 0 aromatic rings. The highest BCUT2D eigenvalue weighted by molar-refractivity contribution is 5.79. The van der Waals surface area contributed by atoms with Gasteiger partial charge in [-0.15, -0.1) is 0 Å². The number of halogens is 2. The summed E-state index contributed by atoms with van der Waals surface area (Å²) in [6.07, 6.45) is 24.1. The van der Waals surface area contributed by atoms with Gasteiger partial charge in [0.2, 0.25) is 11.8 Å². The van der Waals surface area contributed by atoms with Crippen LogP contribution in [0.4, 0.5) is 8.78 Å². The normalized spacial score (nSPS) is 35.8. The van der Waals surface area contributed by atoms with Crippen LogP contribution in [0.3, 0.4) is 0 Å². The SMILES string of the molecule is O=C1CO[C@H]2CCCC[C@@H]2N1C1CCN(C2CCC(COCCF)CC2)CC1.O=C1CO[C@H]2CCCC[C@@H]2N1C1CCN(C2CCC(COCCF)CC2)CC1. The monoisotopic (exact) mass is 793 g/mol. The fourth-order valence-electron chi connectivity index (χ4n) is 12.0. The fourth-order valence-corrected chi connectivity index (χ4v) is 12.0. The maximum Gasteiger partial charge on any atom is 0.249 e. The minimum Gasteiger partial charge on any atom is -0.378 e. The second-order valence-corrected chi connectivity index (χ2v) is 18.4. The molecule has 0 unspecified atom stereocenters. The Morgan fingerprint density at radius 1 is 0.482 bits per heavy atom. The van der Waals surface area contributed by atoms with Crippen molar-refractivity contribution in [3.05, 3.63) is 0 Å². The lowest BCUT2D eigenvalue weighted by Gasteiger charge is -2.50. The number of piperidine rings is 2. The fraction of sp³-hybridized carbons (Fsp3) is 0.955. The molecule has 4 atom stereocenters. The number of hydrogen-bond acceptors (Lipinski definition) is 8. The van der Waals surface area contributed by atoms with Crippen LogP contribution in [0.15, 0.2) is 0 Å². The maximum atomic E-state index is 12.6. The second-order valence-electron chi connectivity index (χ2n) is 18.4. The van der Waals surface area contributed by atoms with Gasteiger partial charge in [0.05, 0.1) is 37.5 Å². The van der Waals surface area contributed by atoms with Gasteiger partial charge in [0, 0.05) is 63.6 Å². The summed E-state index contributed by atoms with van der Waals surface area (Å²) in [7, 11) is 0. The van der Waals surface area contributed by atoms with Crippen molar-refractivity contribution < 1.29 is 37.3 Å². The molecular weight excluding hydrogens is 719 g/mol. The number of rotatable bonds is 12. The number of carbonyl (C=O) groups is 2. The molecule has 4 heterocycles. The Labute approximate surface area is 336 Å². The van der Waals surface area contributed by atoms with Gasteiger partial charge in [-0.05, 0) is 115 Å². The molecular formula is C44H74F2N4O6. The zero-order valence-corrected chi connectivity index (χ0v) is 34.4. The molecule has 8 fully saturated rings. The van der Waals surface area contributed by atoms with Crippen LogP contribution in [-0.2, 0) is 28.5 Å². The van der Waals surface area contributed by atoms with E-state index in [0.717, 1.165) is 90.8 Å². The maximum absolute atomic E-state index is 12.6. The van der Waals surface area contributed by atoms with E-state index in [1.165, 1.54) is 77.0 Å². The summed E-state index contributed by atoms with van der Waals surface area (Å²) < 4.78 is 46.8. The van der Waals surface area contributed by atoms with Crippen LogP contribution < -0.4 is 0 Å². The molecule has 4 aliphatic heterocycles. The predicted molar refractivity (Wildman–Crippen MR) is 212 cm³/mol. The van der Waals surface area contributed by atoms with E-state index in [9.17, 15) is 18.4 Å². The third-order valence-corrected chi connectivity index (χ3v) is 15.1. The molecule has 4 saturated heterocycles. The molecule has 0 bridgehead atoms. The standard InChI is InChI=1S/2C22H37FN2O3/c2*23-11-14-27-15-17-5-7-18(8-6-17)24-12-9-19(10-13-24)25-20-3-1-2-4-21(20)28-16-22(25)26/h2*17-21H,1-16H2/t2*17?,18?,20-,21-/m00/s1. The van der Waals surface area contributed by atoms with Crippen LogP contribution in [0.1, 0.15) is 128 Å². The summed E-state index contributed by atoms with van der Waals surface area (Å²) >= 11 is 0. The van der Waals surface area contributed by atoms with E-state index in [0.29, 0.717) is 48.1 Å². The van der Waals surface area contributed by atoms with Crippen molar-refractivity contribution in [2.24, 2.45) is 11.8 Å². The number of carbonyl (C=O) groups excluding carboxylic acids is 2. The summed E-state index contributed by atoms with van der Waals surface area (Å²) in [5, 5.41) is 0. The zero-order valence-electron chi connectivity index (χ0n) is 34.4. The van der Waals surface area contributed by atoms with Gasteiger partial charge < -0.3 is 38.5 Å². The number of morpholine rings is 2. The molecule has 0 radical (unpaired) electrons. The Bertz CT molecular complexity index is 1100. The highest BCUT2D eigenvalue weighted by Gasteiger charge is 2.44. The molecule has 4 aliphatic carbocycles. The first kappa shape index (κ1) is 42.7. The first-order valence-corrected chi connectivity index (χ1v) is 23.1. The van der Waals surface area contributed by atoms with Gasteiger partial charge >= 0.3 is 0 Å². The Balaban J connectivity index is 0.000000172. The molecule has 0 aromatic heterocycles. The van der Waals surface area contributed by atoms with Crippen molar-refractivity contribution in [2.45, 2.75) is 177 Å². The quantitative estimate of drug-likeness (QED) is 0.212. The average Bonchev–Trinajstić information content (AvgIpc) is 3.25. The summed E-state index contributed by atoms with van der Waals surface area (Å²) in [5.74, 6) is 1.65. The Morgan fingerprint density at radius 3 is 1.23 bits per heavy atom. The van der Waals surface area contributed by atoms with Gasteiger partial charge in [0.15, 0.2) is 0 Å². The van der Waals surface area contributed by atoms with Crippen molar-refractivity contribution in [3.63, 3.8) is 0 Å². The number of fused-ring (bicyclic) bond motifs is 2. The summed E-state index contributed by atoms with van der Waals surface area (Å²) in [6.45, 7) is 6.20. The molecule has 56 heavy (non-hydrogen) atoms. The van der Waals surface area contributed by atoms with Crippen molar-refractivity contribution in [2.75, 3.05) is 79.2 Å². The molecule has 2 amide bonds. The number of amides is 2. The molecule has 10 nitrogen and oxygen atoms in total. The number of likely N-dealkylation sites (tertiary alicyclic amines) is 2. The predicted octanol–water partition coefficient (Wildman–Crippen LogP) is 6.33. The Kier molecular flexibility index (Phi) is 16.5. The molecule has 8 aliphatic rings. The molecule has 0 N–H and O–H groups in total. The highest BCUT2D eigenvalue weighted by atomic mass is 19.1. The topological polar surface area (TPSA) is 84.0 Å². The summed E-state index contributed by atoms with van der Waals surface area (Å²) in [4.78, 5) is 35.1. The van der Waals surface area contributed by atoms with Gasteiger partial charge in [0.25, 0.3) is 0 Å². The first-order chi connectivity index (χ1) is 27.5. The summed E-state index contributed by atoms with van der Waals surface area (Å²) in [5.41, 5.74) is 0. The van der Waals surface area contributed by atoms with Gasteiger partial charge in [-0.2, -0.15) is 0 Å². The lowest BCUT2D eigenvalue weighted by atomic mass is 9.84. The van der Waals surface area contributed by atoms with Crippen molar-refractivity contribution >= 4 is 11.8 Å². The average molecular weight is 793 g/mol. The van der Waals surface area contributed by atoms with Gasteiger partial charge in [-0.25, -0.2) is 8.78 Å². The van der Waals surface area contributed by atoms with E-state index >= 15 is 0 Å². The number of ether oxygens (including phenoxy) is 4. The number of hydrogen-bond donors (Lipinski definition) is 0. The third-order valence-electron chi connectivity index (χ3n) is 15.1. The number of nitrogens with zero attached hydrogens (tertiary/aromatic N) is 4. The highest BCUT2D eigenvalue weighted by Crippen LogP contribution is 2.37. The van der Waals surface area contributed by atoms with E-state index in [2.05, 4.69) is 19.6 Å². The largest absolute Gasteiger partial charge is 0.378 e. The lowest BCUT2D eigenvalue weighted by Crippen LogP contribution is -2.61. The second kappa shape index (κ2) is 21.7. The van der Waals surface area contributed by atoms with Crippen LogP contribution in [0, 0.1) is 11.8 Å². The molecule has 4 saturated carbocycles. The van der Waals surface area contributed by atoms with Crippen molar-refractivity contribution in [1.82, 2.24) is 19.6 Å². The van der Waals surface area contributed by atoms with Crippen LogP contribution in [0.5, 0.6) is 0 Å². The third kappa shape index (κ3) is 11.0. The molecule has 0 spiro atoms. The molecule has 0 aromatic carbocycles. The molecule has 8 rings (SSSR count). The lowest BCUT2D eigenvalue weighted by molar-refractivity contribution is -0.167. The minimum absolute atomic E-state index is 0.218. The summed E-state index contributed by atoms with van der Waals surface area (Å²) in [6, 6.07) is 2.83. The van der Waals surface area contributed by atoms with Gasteiger partial charge in [-0.3, -0.25) is 9.59 Å². The van der Waals surface area contributed by atoms with Crippen LogP contribution in [0.25, 0.3) is 0 Å². The van der Waals surface area contributed by atoms with Crippen LogP contribution in [0.2, 0.25) is 0 Å². The minimum atomic E-state index is -0.377.